The van der Waals surface area contributed by atoms with Crippen LogP contribution in [-0.2, 0) is 6.54 Å². The number of nitrogens with zero attached hydrogens (tertiary/aromatic N) is 4. The van der Waals surface area contributed by atoms with Crippen LogP contribution in [0.4, 0.5) is 5.95 Å². The van der Waals surface area contributed by atoms with Crippen LogP contribution in [0.3, 0.4) is 0 Å². The molecule has 1 aromatic heterocycles. The molecule has 0 atom stereocenters. The van der Waals surface area contributed by atoms with Crippen molar-refractivity contribution in [3.8, 4) is 5.75 Å². The van der Waals surface area contributed by atoms with Crippen LogP contribution < -0.4 is 4.74 Å². The molecule has 20 heavy (non-hydrogen) atoms. The second-order valence-corrected chi connectivity index (χ2v) is 3.85. The summed E-state index contributed by atoms with van der Waals surface area (Å²) in [5, 5.41) is 14.1. The maximum atomic E-state index is 12.2. The van der Waals surface area contributed by atoms with Gasteiger partial charge in [0.05, 0.1) is 12.2 Å². The van der Waals surface area contributed by atoms with Crippen molar-refractivity contribution >= 4 is 11.7 Å². The minimum atomic E-state index is -0.713. The number of para-hydroxylation sites is 1. The van der Waals surface area contributed by atoms with Gasteiger partial charge in [0.1, 0.15) is 12.3 Å². The van der Waals surface area contributed by atoms with Crippen LogP contribution in [0, 0.1) is 10.1 Å². The lowest BCUT2D eigenvalue weighted by molar-refractivity contribution is -0.394. The van der Waals surface area contributed by atoms with Gasteiger partial charge in [0.15, 0.2) is 5.78 Å². The van der Waals surface area contributed by atoms with E-state index in [-0.39, 0.29) is 12.3 Å². The number of ketones is 1. The molecule has 1 aromatic carbocycles. The molecule has 0 saturated heterocycles. The molecule has 0 spiro atoms. The molecule has 0 N–H and O–H groups in total. The Kier molecular flexibility index (Phi) is 4.04. The average molecular weight is 276 g/mol. The molecule has 1 heterocycles. The van der Waals surface area contributed by atoms with Crippen LogP contribution in [0.25, 0.3) is 0 Å². The Hall–Kier alpha value is -2.77. The van der Waals surface area contributed by atoms with Gasteiger partial charge in [0.25, 0.3) is 0 Å². The van der Waals surface area contributed by atoms with Gasteiger partial charge < -0.3 is 14.9 Å². The number of rotatable bonds is 6. The van der Waals surface area contributed by atoms with Crippen LogP contribution in [0.5, 0.6) is 5.75 Å². The SMILES string of the molecule is CCOc1ccccc1C(=O)Cn1cnc([N+](=O)[O-])n1. The lowest BCUT2D eigenvalue weighted by Gasteiger charge is -2.08. The fraction of sp³-hybridized carbons (Fsp3) is 0.250. The first-order chi connectivity index (χ1) is 9.61. The summed E-state index contributed by atoms with van der Waals surface area (Å²) in [6, 6.07) is 6.82. The highest BCUT2D eigenvalue weighted by Crippen LogP contribution is 2.19. The van der Waals surface area contributed by atoms with Gasteiger partial charge in [-0.15, -0.1) is 0 Å². The Morgan fingerprint density at radius 3 is 2.85 bits per heavy atom. The topological polar surface area (TPSA) is 100 Å². The highest BCUT2D eigenvalue weighted by atomic mass is 16.6. The molecule has 0 amide bonds. The summed E-state index contributed by atoms with van der Waals surface area (Å²) in [7, 11) is 0. The van der Waals surface area contributed by atoms with E-state index in [4.69, 9.17) is 4.74 Å². The molecular formula is C12H12N4O4. The van der Waals surface area contributed by atoms with E-state index < -0.39 is 10.9 Å². The van der Waals surface area contributed by atoms with Crippen molar-refractivity contribution in [2.24, 2.45) is 0 Å². The molecule has 0 radical (unpaired) electrons. The van der Waals surface area contributed by atoms with E-state index in [1.54, 1.807) is 24.3 Å². The third-order valence-corrected chi connectivity index (χ3v) is 2.48. The zero-order valence-electron chi connectivity index (χ0n) is 10.7. The summed E-state index contributed by atoms with van der Waals surface area (Å²) in [6.45, 7) is 2.13. The number of nitro groups is 1. The molecule has 2 aromatic rings. The summed E-state index contributed by atoms with van der Waals surface area (Å²) < 4.78 is 6.49. The fourth-order valence-corrected chi connectivity index (χ4v) is 1.66. The van der Waals surface area contributed by atoms with Crippen molar-refractivity contribution in [2.45, 2.75) is 13.5 Å². The van der Waals surface area contributed by atoms with Crippen molar-refractivity contribution in [1.82, 2.24) is 14.8 Å². The number of hydrogen-bond donors (Lipinski definition) is 0. The standard InChI is InChI=1S/C12H12N4O4/c1-2-20-11-6-4-3-5-9(11)10(17)7-15-8-13-12(14-15)16(18)19/h3-6,8H,2,7H2,1H3. The Balaban J connectivity index is 2.17. The molecule has 0 unspecified atom stereocenters. The second-order valence-electron chi connectivity index (χ2n) is 3.85. The van der Waals surface area contributed by atoms with E-state index in [9.17, 15) is 14.9 Å². The summed E-state index contributed by atoms with van der Waals surface area (Å²) in [5.74, 6) is -0.306. The van der Waals surface area contributed by atoms with Gasteiger partial charge in [0.2, 0.25) is 6.33 Å². The molecule has 8 heteroatoms. The minimum Gasteiger partial charge on any atom is -0.493 e. The number of benzene rings is 1. The van der Waals surface area contributed by atoms with Gasteiger partial charge in [-0.3, -0.25) is 4.79 Å². The van der Waals surface area contributed by atoms with Crippen LogP contribution in [0.1, 0.15) is 17.3 Å². The zero-order valence-corrected chi connectivity index (χ0v) is 10.7. The lowest BCUT2D eigenvalue weighted by atomic mass is 10.1. The van der Waals surface area contributed by atoms with Gasteiger partial charge in [-0.05, 0) is 24.0 Å². The minimum absolute atomic E-state index is 0.134. The highest BCUT2D eigenvalue weighted by molar-refractivity contribution is 5.98. The molecule has 0 bridgehead atoms. The van der Waals surface area contributed by atoms with E-state index in [0.717, 1.165) is 11.0 Å². The third kappa shape index (κ3) is 2.97. The quantitative estimate of drug-likeness (QED) is 0.450. The molecule has 0 aliphatic carbocycles. The smallest absolute Gasteiger partial charge is 0.490 e. The first kappa shape index (κ1) is 13.7. The highest BCUT2D eigenvalue weighted by Gasteiger charge is 2.18. The largest absolute Gasteiger partial charge is 0.493 e. The number of aromatic nitrogens is 3. The van der Waals surface area contributed by atoms with Gasteiger partial charge in [-0.2, -0.15) is 4.68 Å². The second kappa shape index (κ2) is 5.91. The first-order valence-electron chi connectivity index (χ1n) is 5.90. The number of ether oxygens (including phenoxy) is 1. The fourth-order valence-electron chi connectivity index (χ4n) is 1.66. The Morgan fingerprint density at radius 2 is 2.20 bits per heavy atom. The van der Waals surface area contributed by atoms with Crippen molar-refractivity contribution in [1.29, 1.82) is 0 Å². The zero-order chi connectivity index (χ0) is 14.5. The summed E-state index contributed by atoms with van der Waals surface area (Å²) in [4.78, 5) is 25.4. The summed E-state index contributed by atoms with van der Waals surface area (Å²) >= 11 is 0. The van der Waals surface area contributed by atoms with E-state index in [1.165, 1.54) is 0 Å². The monoisotopic (exact) mass is 276 g/mol. The van der Waals surface area contributed by atoms with E-state index in [0.29, 0.717) is 17.9 Å². The summed E-state index contributed by atoms with van der Waals surface area (Å²) in [6.07, 6.45) is 1.15. The number of Topliss-reactive ketones (excluding diaryl/α,β-unsaturated/α-hetero) is 1. The lowest BCUT2D eigenvalue weighted by Crippen LogP contribution is -2.12. The predicted octanol–water partition coefficient (Wildman–Crippen LogP) is 1.47. The molecular weight excluding hydrogens is 264 g/mol. The van der Waals surface area contributed by atoms with E-state index >= 15 is 0 Å². The van der Waals surface area contributed by atoms with Crippen LogP contribution >= 0.6 is 0 Å². The van der Waals surface area contributed by atoms with Gasteiger partial charge in [0, 0.05) is 5.10 Å². The normalized spacial score (nSPS) is 10.2. The molecule has 104 valence electrons. The number of hydrogen-bond acceptors (Lipinski definition) is 6. The van der Waals surface area contributed by atoms with Crippen molar-refractivity contribution in [2.75, 3.05) is 6.61 Å². The number of carbonyl (C=O) groups excluding carboxylic acids is 1. The van der Waals surface area contributed by atoms with Gasteiger partial charge in [-0.25, -0.2) is 0 Å². The van der Waals surface area contributed by atoms with Crippen molar-refractivity contribution in [3.63, 3.8) is 0 Å². The average Bonchev–Trinajstić information content (AvgIpc) is 2.88. The van der Waals surface area contributed by atoms with Gasteiger partial charge in [-0.1, -0.05) is 17.1 Å². The van der Waals surface area contributed by atoms with E-state index in [2.05, 4.69) is 10.1 Å². The molecule has 0 fully saturated rings. The van der Waals surface area contributed by atoms with Crippen molar-refractivity contribution in [3.05, 3.63) is 46.3 Å². The molecule has 0 aliphatic heterocycles. The van der Waals surface area contributed by atoms with Crippen LogP contribution in [-0.4, -0.2) is 32.1 Å². The maximum absolute atomic E-state index is 12.2. The predicted molar refractivity (Wildman–Crippen MR) is 68.6 cm³/mol. The van der Waals surface area contributed by atoms with E-state index in [1.807, 2.05) is 6.92 Å². The molecule has 8 nitrogen and oxygen atoms in total. The molecule has 0 aliphatic rings. The van der Waals surface area contributed by atoms with Crippen LogP contribution in [0.2, 0.25) is 0 Å². The molecule has 2 rings (SSSR count). The van der Waals surface area contributed by atoms with Crippen molar-refractivity contribution < 1.29 is 14.5 Å². The molecule has 0 saturated carbocycles. The van der Waals surface area contributed by atoms with Crippen LogP contribution in [0.15, 0.2) is 30.6 Å². The van der Waals surface area contributed by atoms with Gasteiger partial charge >= 0.3 is 5.95 Å². The maximum Gasteiger partial charge on any atom is 0.490 e. The number of carbonyl (C=O) groups is 1. The summed E-state index contributed by atoms with van der Waals surface area (Å²) in [5.41, 5.74) is 0.410. The Bertz CT molecular complexity index is 638. The Morgan fingerprint density at radius 1 is 1.45 bits per heavy atom. The Labute approximate surface area is 114 Å². The third-order valence-electron chi connectivity index (χ3n) is 2.48. The first-order valence-corrected chi connectivity index (χ1v) is 5.90.